The van der Waals surface area contributed by atoms with Gasteiger partial charge < -0.3 is 9.64 Å². The van der Waals surface area contributed by atoms with Crippen molar-refractivity contribution in [2.75, 3.05) is 13.1 Å². The van der Waals surface area contributed by atoms with E-state index in [1.807, 2.05) is 51.1 Å². The van der Waals surface area contributed by atoms with Crippen LogP contribution in [0.25, 0.3) is 0 Å². The van der Waals surface area contributed by atoms with Gasteiger partial charge >= 0.3 is 6.09 Å². The Hall–Kier alpha value is -1.84. The van der Waals surface area contributed by atoms with Crippen molar-refractivity contribution in [1.29, 1.82) is 0 Å². The molecule has 1 aliphatic heterocycles. The van der Waals surface area contributed by atoms with Crippen LogP contribution in [0.3, 0.4) is 0 Å². The first kappa shape index (κ1) is 15.1. The molecule has 4 heteroatoms. The van der Waals surface area contributed by atoms with Gasteiger partial charge in [-0.25, -0.2) is 4.79 Å². The summed E-state index contributed by atoms with van der Waals surface area (Å²) in [7, 11) is 0. The predicted molar refractivity (Wildman–Crippen MR) is 83.7 cm³/mol. The molecule has 3 rings (SSSR count). The summed E-state index contributed by atoms with van der Waals surface area (Å²) in [5.74, 6) is 1.04. The van der Waals surface area contributed by atoms with E-state index < -0.39 is 5.60 Å². The Morgan fingerprint density at radius 1 is 1.14 bits per heavy atom. The zero-order valence-electron chi connectivity index (χ0n) is 13.4. The molecule has 1 aromatic carbocycles. The van der Waals surface area contributed by atoms with Crippen LogP contribution in [0, 0.1) is 17.8 Å². The predicted octanol–water partition coefficient (Wildman–Crippen LogP) is 3.37. The summed E-state index contributed by atoms with van der Waals surface area (Å²) in [5.41, 5.74) is 0.308. The normalized spacial score (nSPS) is 27.0. The molecule has 3 atom stereocenters. The van der Waals surface area contributed by atoms with Gasteiger partial charge in [0.1, 0.15) is 5.60 Å². The topological polar surface area (TPSA) is 46.6 Å². The first-order valence-corrected chi connectivity index (χ1v) is 7.94. The number of nitrogens with zero attached hydrogens (tertiary/aromatic N) is 1. The van der Waals surface area contributed by atoms with E-state index in [4.69, 9.17) is 4.74 Å². The van der Waals surface area contributed by atoms with Crippen molar-refractivity contribution in [3.05, 3.63) is 35.9 Å². The number of ketones is 1. The number of rotatable bonds is 2. The second kappa shape index (κ2) is 5.41. The van der Waals surface area contributed by atoms with Crippen LogP contribution in [-0.2, 0) is 4.74 Å². The zero-order valence-corrected chi connectivity index (χ0v) is 13.4. The number of carbonyl (C=O) groups excluding carboxylic acids is 2. The molecule has 3 unspecified atom stereocenters. The number of piperidine rings is 1. The highest BCUT2D eigenvalue weighted by molar-refractivity contribution is 6.00. The van der Waals surface area contributed by atoms with Crippen LogP contribution in [0.2, 0.25) is 0 Å². The number of amides is 1. The number of likely N-dealkylation sites (tertiary alicyclic amines) is 1. The summed E-state index contributed by atoms with van der Waals surface area (Å²) < 4.78 is 5.43. The van der Waals surface area contributed by atoms with E-state index in [2.05, 4.69) is 0 Å². The molecule has 0 N–H and O–H groups in total. The maximum atomic E-state index is 12.5. The second-order valence-electron chi connectivity index (χ2n) is 7.30. The quantitative estimate of drug-likeness (QED) is 0.787. The van der Waals surface area contributed by atoms with Crippen LogP contribution >= 0.6 is 0 Å². The minimum atomic E-state index is -0.475. The molecule has 0 spiro atoms. The molecule has 1 saturated heterocycles. The van der Waals surface area contributed by atoms with E-state index in [0.717, 1.165) is 12.0 Å². The molecule has 0 radical (unpaired) electrons. The van der Waals surface area contributed by atoms with Crippen molar-refractivity contribution in [3.63, 3.8) is 0 Å². The molecule has 1 heterocycles. The minimum Gasteiger partial charge on any atom is -0.444 e. The van der Waals surface area contributed by atoms with Crippen LogP contribution in [0.1, 0.15) is 37.6 Å². The van der Waals surface area contributed by atoms with E-state index in [0.29, 0.717) is 24.9 Å². The smallest absolute Gasteiger partial charge is 0.410 e. The lowest BCUT2D eigenvalue weighted by molar-refractivity contribution is 0.0206. The van der Waals surface area contributed by atoms with Crippen molar-refractivity contribution in [3.8, 4) is 0 Å². The van der Waals surface area contributed by atoms with E-state index in [1.54, 1.807) is 4.90 Å². The van der Waals surface area contributed by atoms with Crippen molar-refractivity contribution in [1.82, 2.24) is 4.90 Å². The first-order chi connectivity index (χ1) is 10.4. The highest BCUT2D eigenvalue weighted by atomic mass is 16.6. The Morgan fingerprint density at radius 3 is 2.45 bits per heavy atom. The summed E-state index contributed by atoms with van der Waals surface area (Å²) in [5, 5.41) is 0. The maximum Gasteiger partial charge on any atom is 0.410 e. The van der Waals surface area contributed by atoms with Crippen molar-refractivity contribution in [2.45, 2.75) is 32.8 Å². The highest BCUT2D eigenvalue weighted by Crippen LogP contribution is 2.53. The maximum absolute atomic E-state index is 12.5. The number of fused-ring (bicyclic) bond motifs is 1. The Kier molecular flexibility index (Phi) is 3.71. The largest absolute Gasteiger partial charge is 0.444 e. The van der Waals surface area contributed by atoms with Gasteiger partial charge in [-0.05, 0) is 39.0 Å². The molecule has 0 bridgehead atoms. The summed E-state index contributed by atoms with van der Waals surface area (Å²) in [6.07, 6.45) is 0.636. The molecule has 22 heavy (non-hydrogen) atoms. The van der Waals surface area contributed by atoms with Crippen LogP contribution in [-0.4, -0.2) is 35.5 Å². The van der Waals surface area contributed by atoms with E-state index in [-0.39, 0.29) is 17.8 Å². The number of Topliss-reactive ketones (excluding diaryl/α,β-unsaturated/α-hetero) is 1. The van der Waals surface area contributed by atoms with Gasteiger partial charge in [0, 0.05) is 24.6 Å². The fourth-order valence-electron chi connectivity index (χ4n) is 3.41. The summed E-state index contributed by atoms with van der Waals surface area (Å²) >= 11 is 0. The van der Waals surface area contributed by atoms with Gasteiger partial charge in [0.25, 0.3) is 0 Å². The van der Waals surface area contributed by atoms with Gasteiger partial charge in [-0.15, -0.1) is 0 Å². The molecule has 2 fully saturated rings. The van der Waals surface area contributed by atoms with Crippen molar-refractivity contribution < 1.29 is 14.3 Å². The average molecular weight is 301 g/mol. The lowest BCUT2D eigenvalue weighted by Gasteiger charge is -2.29. The molecule has 1 aromatic rings. The van der Waals surface area contributed by atoms with Crippen LogP contribution in [0.5, 0.6) is 0 Å². The molecular weight excluding hydrogens is 278 g/mol. The Bertz CT molecular complexity index is 576. The number of ether oxygens (including phenoxy) is 1. The van der Waals surface area contributed by atoms with E-state index >= 15 is 0 Å². The van der Waals surface area contributed by atoms with Gasteiger partial charge in [0.2, 0.25) is 0 Å². The number of hydrogen-bond donors (Lipinski definition) is 0. The van der Waals surface area contributed by atoms with Gasteiger partial charge in [0.15, 0.2) is 5.78 Å². The number of carbonyl (C=O) groups is 2. The summed E-state index contributed by atoms with van der Waals surface area (Å²) in [6.45, 7) is 6.95. The molecule has 0 aromatic heterocycles. The molecule has 1 amide bonds. The Morgan fingerprint density at radius 2 is 1.82 bits per heavy atom. The lowest BCUT2D eigenvalue weighted by atomic mass is 10.1. The fraction of sp³-hybridized carbons (Fsp3) is 0.556. The third-order valence-electron chi connectivity index (χ3n) is 4.51. The van der Waals surface area contributed by atoms with Crippen LogP contribution < -0.4 is 0 Å². The average Bonchev–Trinajstić information content (AvgIpc) is 3.19. The Balaban J connectivity index is 1.61. The van der Waals surface area contributed by atoms with E-state index in [9.17, 15) is 9.59 Å². The minimum absolute atomic E-state index is 0.0786. The van der Waals surface area contributed by atoms with Gasteiger partial charge in [0.05, 0.1) is 0 Å². The third-order valence-corrected chi connectivity index (χ3v) is 4.51. The monoisotopic (exact) mass is 301 g/mol. The van der Waals surface area contributed by atoms with Gasteiger partial charge in [-0.3, -0.25) is 4.79 Å². The number of benzene rings is 1. The fourth-order valence-corrected chi connectivity index (χ4v) is 3.41. The molecule has 118 valence electrons. The lowest BCUT2D eigenvalue weighted by Crippen LogP contribution is -2.40. The van der Waals surface area contributed by atoms with Crippen LogP contribution in [0.4, 0.5) is 4.79 Å². The molecular formula is C18H23NO3. The van der Waals surface area contributed by atoms with Crippen molar-refractivity contribution in [2.24, 2.45) is 17.8 Å². The Labute approximate surface area is 131 Å². The zero-order chi connectivity index (χ0) is 15.9. The summed E-state index contributed by atoms with van der Waals surface area (Å²) in [6, 6.07) is 9.45. The first-order valence-electron chi connectivity index (χ1n) is 7.94. The van der Waals surface area contributed by atoms with Crippen LogP contribution in [0.15, 0.2) is 30.3 Å². The van der Waals surface area contributed by atoms with Gasteiger partial charge in [-0.1, -0.05) is 30.3 Å². The second-order valence-corrected chi connectivity index (χ2v) is 7.30. The number of hydrogen-bond acceptors (Lipinski definition) is 3. The SMILES string of the molecule is CC(C)(C)OC(=O)N1CCC2C(C1)C2C(=O)c1ccccc1. The molecule has 4 nitrogen and oxygen atoms in total. The van der Waals surface area contributed by atoms with E-state index in [1.165, 1.54) is 0 Å². The molecule has 1 saturated carbocycles. The van der Waals surface area contributed by atoms with Crippen molar-refractivity contribution >= 4 is 11.9 Å². The highest BCUT2D eigenvalue weighted by Gasteiger charge is 2.57. The third kappa shape index (κ3) is 3.01. The molecule has 2 aliphatic rings. The van der Waals surface area contributed by atoms with Gasteiger partial charge in [-0.2, -0.15) is 0 Å². The standard InChI is InChI=1S/C18H23NO3/c1-18(2,3)22-17(21)19-10-9-13-14(11-19)15(13)16(20)12-7-5-4-6-8-12/h4-8,13-15H,9-11H2,1-3H3. The molecule has 1 aliphatic carbocycles. The summed E-state index contributed by atoms with van der Waals surface area (Å²) in [4.78, 5) is 26.4.